The smallest absolute Gasteiger partial charge is 0.280 e. The number of benzene rings is 2. The van der Waals surface area contributed by atoms with Crippen LogP contribution in [0.4, 0.5) is 0 Å². The fraction of sp³-hybridized carbons (Fsp3) is 0.105. The second-order valence-electron chi connectivity index (χ2n) is 5.80. The van der Waals surface area contributed by atoms with E-state index in [9.17, 15) is 9.59 Å². The van der Waals surface area contributed by atoms with Crippen LogP contribution in [0.15, 0.2) is 64.4 Å². The first-order chi connectivity index (χ1) is 12.1. The van der Waals surface area contributed by atoms with Crippen molar-refractivity contribution in [1.82, 2.24) is 9.13 Å². The molecule has 6 heteroatoms. The van der Waals surface area contributed by atoms with Gasteiger partial charge in [-0.1, -0.05) is 41.7 Å². The monoisotopic (exact) mass is 349 g/mol. The molecule has 0 atom stereocenters. The maximum absolute atomic E-state index is 12.8. The summed E-state index contributed by atoms with van der Waals surface area (Å²) in [5.41, 5.74) is 1.84. The average Bonchev–Trinajstić information content (AvgIpc) is 2.94. The Labute approximate surface area is 147 Å². The number of amides is 1. The van der Waals surface area contributed by atoms with Crippen molar-refractivity contribution in [3.63, 3.8) is 0 Å². The largest absolute Gasteiger partial charge is 0.319 e. The van der Waals surface area contributed by atoms with Gasteiger partial charge < -0.3 is 9.13 Å². The van der Waals surface area contributed by atoms with Gasteiger partial charge in [-0.15, -0.1) is 0 Å². The molecule has 0 aliphatic heterocycles. The number of nitrogens with zero attached hydrogens (tertiary/aromatic N) is 3. The van der Waals surface area contributed by atoms with E-state index in [2.05, 4.69) is 4.99 Å². The first-order valence-corrected chi connectivity index (χ1v) is 8.60. The lowest BCUT2D eigenvalue weighted by Crippen LogP contribution is -2.20. The quantitative estimate of drug-likeness (QED) is 0.531. The molecule has 25 heavy (non-hydrogen) atoms. The van der Waals surface area contributed by atoms with E-state index in [-0.39, 0.29) is 5.56 Å². The minimum atomic E-state index is -0.406. The number of thiazole rings is 1. The van der Waals surface area contributed by atoms with Crippen molar-refractivity contribution in [2.75, 3.05) is 0 Å². The van der Waals surface area contributed by atoms with E-state index in [4.69, 9.17) is 0 Å². The van der Waals surface area contributed by atoms with E-state index in [0.717, 1.165) is 15.6 Å². The van der Waals surface area contributed by atoms with E-state index in [0.29, 0.717) is 15.9 Å². The lowest BCUT2D eigenvalue weighted by molar-refractivity contribution is 0.0999. The van der Waals surface area contributed by atoms with Crippen molar-refractivity contribution >= 4 is 38.4 Å². The molecule has 0 N–H and O–H groups in total. The van der Waals surface area contributed by atoms with Crippen LogP contribution in [-0.2, 0) is 14.1 Å². The highest BCUT2D eigenvalue weighted by atomic mass is 32.1. The molecule has 0 aliphatic rings. The van der Waals surface area contributed by atoms with E-state index >= 15 is 0 Å². The summed E-state index contributed by atoms with van der Waals surface area (Å²) in [5.74, 6) is -0.406. The van der Waals surface area contributed by atoms with Gasteiger partial charge in [-0.3, -0.25) is 9.59 Å². The Kier molecular flexibility index (Phi) is 3.62. The Morgan fingerprint density at radius 3 is 2.40 bits per heavy atom. The third-order valence-corrected chi connectivity index (χ3v) is 5.41. The molecule has 0 fully saturated rings. The zero-order valence-corrected chi connectivity index (χ0v) is 14.6. The van der Waals surface area contributed by atoms with Gasteiger partial charge in [0.05, 0.1) is 21.3 Å². The number of rotatable bonds is 1. The van der Waals surface area contributed by atoms with E-state index in [1.807, 2.05) is 60.1 Å². The number of aromatic nitrogens is 2. The lowest BCUT2D eigenvalue weighted by Gasteiger charge is -2.07. The normalized spacial score (nSPS) is 12.2. The predicted octanol–water partition coefficient (Wildman–Crippen LogP) is 2.83. The van der Waals surface area contributed by atoms with E-state index in [1.54, 1.807) is 7.05 Å². The number of aryl methyl sites for hydroxylation is 2. The number of hydrogen-bond acceptors (Lipinski definition) is 3. The minimum absolute atomic E-state index is 0.224. The van der Waals surface area contributed by atoms with Gasteiger partial charge >= 0.3 is 0 Å². The van der Waals surface area contributed by atoms with Gasteiger partial charge in [0.15, 0.2) is 4.80 Å². The van der Waals surface area contributed by atoms with Crippen molar-refractivity contribution in [2.24, 2.45) is 19.1 Å². The first-order valence-electron chi connectivity index (χ1n) is 7.78. The van der Waals surface area contributed by atoms with Gasteiger partial charge in [0.1, 0.15) is 0 Å². The highest BCUT2D eigenvalue weighted by molar-refractivity contribution is 7.16. The SMILES string of the molecule is Cn1c(=NC(=O)c2cc(=O)n(C)c3ccccc23)sc2ccccc21. The Bertz CT molecular complexity index is 1260. The predicted molar refractivity (Wildman–Crippen MR) is 99.9 cm³/mol. The maximum Gasteiger partial charge on any atom is 0.280 e. The molecule has 0 radical (unpaired) electrons. The molecule has 4 aromatic rings. The number of pyridine rings is 1. The van der Waals surface area contributed by atoms with Crippen LogP contribution in [0.5, 0.6) is 0 Å². The van der Waals surface area contributed by atoms with Crippen LogP contribution in [0.2, 0.25) is 0 Å². The van der Waals surface area contributed by atoms with Gasteiger partial charge in [0.25, 0.3) is 11.5 Å². The number of carbonyl (C=O) groups is 1. The summed E-state index contributed by atoms with van der Waals surface area (Å²) in [4.78, 5) is 29.9. The van der Waals surface area contributed by atoms with Crippen LogP contribution >= 0.6 is 11.3 Å². The number of carbonyl (C=O) groups excluding carboxylic acids is 1. The van der Waals surface area contributed by atoms with Crippen molar-refractivity contribution < 1.29 is 4.79 Å². The molecule has 0 spiro atoms. The molecule has 0 saturated carbocycles. The number of fused-ring (bicyclic) bond motifs is 2. The summed E-state index contributed by atoms with van der Waals surface area (Å²) in [6.07, 6.45) is 0. The second kappa shape index (κ2) is 5.82. The molecule has 2 heterocycles. The molecule has 1 amide bonds. The second-order valence-corrected chi connectivity index (χ2v) is 6.81. The first kappa shape index (κ1) is 15.5. The Hall–Kier alpha value is -2.99. The maximum atomic E-state index is 12.8. The summed E-state index contributed by atoms with van der Waals surface area (Å²) in [6.45, 7) is 0. The Morgan fingerprint density at radius 1 is 0.960 bits per heavy atom. The summed E-state index contributed by atoms with van der Waals surface area (Å²) in [6, 6.07) is 16.6. The topological polar surface area (TPSA) is 56.4 Å². The summed E-state index contributed by atoms with van der Waals surface area (Å²) in [7, 11) is 3.58. The van der Waals surface area contributed by atoms with Gasteiger partial charge in [-0.25, -0.2) is 0 Å². The highest BCUT2D eigenvalue weighted by Crippen LogP contribution is 2.18. The van der Waals surface area contributed by atoms with Gasteiger partial charge in [-0.2, -0.15) is 4.99 Å². The van der Waals surface area contributed by atoms with Crippen LogP contribution in [0.25, 0.3) is 21.1 Å². The zero-order chi connectivity index (χ0) is 17.6. The molecule has 2 aromatic heterocycles. The molecule has 0 unspecified atom stereocenters. The third-order valence-electron chi connectivity index (χ3n) is 4.30. The Morgan fingerprint density at radius 2 is 1.64 bits per heavy atom. The van der Waals surface area contributed by atoms with Crippen molar-refractivity contribution in [2.45, 2.75) is 0 Å². The Balaban J connectivity index is 1.95. The fourth-order valence-corrected chi connectivity index (χ4v) is 3.94. The van der Waals surface area contributed by atoms with Gasteiger partial charge in [0.2, 0.25) is 0 Å². The molecule has 5 nitrogen and oxygen atoms in total. The molecule has 0 saturated heterocycles. The highest BCUT2D eigenvalue weighted by Gasteiger charge is 2.13. The minimum Gasteiger partial charge on any atom is -0.319 e. The van der Waals surface area contributed by atoms with Crippen LogP contribution in [0.3, 0.4) is 0 Å². The molecule has 2 aromatic carbocycles. The van der Waals surface area contributed by atoms with Crippen molar-refractivity contribution in [1.29, 1.82) is 0 Å². The van der Waals surface area contributed by atoms with Crippen LogP contribution in [0, 0.1) is 0 Å². The molecule has 4 rings (SSSR count). The number of para-hydroxylation sites is 2. The summed E-state index contributed by atoms with van der Waals surface area (Å²) >= 11 is 1.45. The van der Waals surface area contributed by atoms with Crippen LogP contribution in [0.1, 0.15) is 10.4 Å². The molecule has 0 bridgehead atoms. The summed E-state index contributed by atoms with van der Waals surface area (Å²) in [5, 5.41) is 0.724. The van der Waals surface area contributed by atoms with Crippen molar-refractivity contribution in [3.05, 3.63) is 75.3 Å². The van der Waals surface area contributed by atoms with Gasteiger partial charge in [0, 0.05) is 25.5 Å². The van der Waals surface area contributed by atoms with E-state index in [1.165, 1.54) is 22.0 Å². The third kappa shape index (κ3) is 2.51. The van der Waals surface area contributed by atoms with E-state index < -0.39 is 5.91 Å². The number of hydrogen-bond donors (Lipinski definition) is 0. The fourth-order valence-electron chi connectivity index (χ4n) is 2.92. The standard InChI is InChI=1S/C19H15N3O2S/c1-21-14-8-4-3-7-12(14)13(11-17(21)23)18(24)20-19-22(2)15-9-5-6-10-16(15)25-19/h3-11H,1-2H3. The molecule has 124 valence electrons. The zero-order valence-electron chi connectivity index (χ0n) is 13.8. The molecular formula is C19H15N3O2S. The molecular weight excluding hydrogens is 334 g/mol. The summed E-state index contributed by atoms with van der Waals surface area (Å²) < 4.78 is 4.48. The molecule has 0 aliphatic carbocycles. The van der Waals surface area contributed by atoms with Gasteiger partial charge in [-0.05, 0) is 18.2 Å². The average molecular weight is 349 g/mol. The van der Waals surface area contributed by atoms with Crippen molar-refractivity contribution in [3.8, 4) is 0 Å². The van der Waals surface area contributed by atoms with Crippen LogP contribution in [-0.4, -0.2) is 15.0 Å². The van der Waals surface area contributed by atoms with Crippen LogP contribution < -0.4 is 10.4 Å². The lowest BCUT2D eigenvalue weighted by atomic mass is 10.1.